The highest BCUT2D eigenvalue weighted by molar-refractivity contribution is 5.83. The van der Waals surface area contributed by atoms with Crippen LogP contribution in [0.4, 0.5) is 8.78 Å². The summed E-state index contributed by atoms with van der Waals surface area (Å²) in [6.45, 7) is 0.623. The molecule has 1 saturated carbocycles. The van der Waals surface area contributed by atoms with Crippen molar-refractivity contribution in [2.45, 2.75) is 50.5 Å². The van der Waals surface area contributed by atoms with Crippen molar-refractivity contribution in [3.8, 4) is 0 Å². The number of likely N-dealkylation sites (tertiary alicyclic amines) is 1. The molecule has 1 aromatic rings. The highest BCUT2D eigenvalue weighted by atomic mass is 19.2. The van der Waals surface area contributed by atoms with E-state index < -0.39 is 17.6 Å². The summed E-state index contributed by atoms with van der Waals surface area (Å²) in [4.78, 5) is 25.3. The minimum atomic E-state index is -0.886. The van der Waals surface area contributed by atoms with Crippen LogP contribution in [0.3, 0.4) is 0 Å². The maximum atomic E-state index is 13.9. The van der Waals surface area contributed by atoms with Crippen LogP contribution in [0.1, 0.15) is 50.0 Å². The largest absolute Gasteiger partial charge is 0.481 e. The maximum absolute atomic E-state index is 13.9. The van der Waals surface area contributed by atoms with Crippen LogP contribution < -0.4 is 0 Å². The number of hydrogen-bond donors (Lipinski definition) is 1. The lowest BCUT2D eigenvalue weighted by Gasteiger charge is -2.36. The van der Waals surface area contributed by atoms with Gasteiger partial charge in [0.1, 0.15) is 0 Å². The Morgan fingerprint density at radius 3 is 2.79 bits per heavy atom. The second-order valence-electron chi connectivity index (χ2n) is 6.71. The lowest BCUT2D eigenvalue weighted by Crippen LogP contribution is -2.44. The van der Waals surface area contributed by atoms with Gasteiger partial charge in [-0.2, -0.15) is 0 Å². The van der Waals surface area contributed by atoms with E-state index in [0.29, 0.717) is 19.4 Å². The van der Waals surface area contributed by atoms with Crippen LogP contribution in [0.15, 0.2) is 18.2 Å². The average Bonchev–Trinajstić information content (AvgIpc) is 3.35. The Hall–Kier alpha value is -1.98. The molecule has 4 nitrogen and oxygen atoms in total. The number of piperidine rings is 1. The first-order chi connectivity index (χ1) is 11.5. The van der Waals surface area contributed by atoms with E-state index in [1.807, 2.05) is 0 Å². The van der Waals surface area contributed by atoms with E-state index in [4.69, 9.17) is 5.11 Å². The topological polar surface area (TPSA) is 57.6 Å². The van der Waals surface area contributed by atoms with Crippen LogP contribution in [0.25, 0.3) is 0 Å². The molecule has 0 bridgehead atoms. The third-order valence-corrected chi connectivity index (χ3v) is 5.09. The quantitative estimate of drug-likeness (QED) is 0.897. The highest BCUT2D eigenvalue weighted by Gasteiger charge is 2.48. The molecule has 0 spiro atoms. The summed E-state index contributed by atoms with van der Waals surface area (Å²) in [5.41, 5.74) is 0.271. The Morgan fingerprint density at radius 2 is 2.04 bits per heavy atom. The molecule has 3 rings (SSSR count). The van der Waals surface area contributed by atoms with Gasteiger partial charge >= 0.3 is 5.97 Å². The second kappa shape index (κ2) is 6.87. The predicted molar refractivity (Wildman–Crippen MR) is 83.4 cm³/mol. The van der Waals surface area contributed by atoms with Crippen molar-refractivity contribution in [2.75, 3.05) is 6.54 Å². The number of rotatable bonds is 5. The van der Waals surface area contributed by atoms with E-state index >= 15 is 0 Å². The smallest absolute Gasteiger partial charge is 0.303 e. The molecule has 3 atom stereocenters. The lowest BCUT2D eigenvalue weighted by atomic mass is 9.97. The third-order valence-electron chi connectivity index (χ3n) is 5.09. The van der Waals surface area contributed by atoms with Crippen LogP contribution >= 0.6 is 0 Å². The first-order valence-electron chi connectivity index (χ1n) is 8.45. The van der Waals surface area contributed by atoms with Crippen LogP contribution in [0.5, 0.6) is 0 Å². The molecular formula is C18H21F2NO3. The molecular weight excluding hydrogens is 316 g/mol. The SMILES string of the molecule is O=C(O)CC[C@@H]1CCCCN1C(=O)[C@H]1C[C@H]1c1cccc(F)c1F. The first-order valence-corrected chi connectivity index (χ1v) is 8.45. The van der Waals surface area contributed by atoms with Gasteiger partial charge in [-0.1, -0.05) is 12.1 Å². The number of nitrogens with zero attached hydrogens (tertiary/aromatic N) is 1. The average molecular weight is 337 g/mol. The van der Waals surface area contributed by atoms with Gasteiger partial charge in [-0.25, -0.2) is 8.78 Å². The van der Waals surface area contributed by atoms with Crippen molar-refractivity contribution in [1.29, 1.82) is 0 Å². The van der Waals surface area contributed by atoms with Crippen molar-refractivity contribution in [1.82, 2.24) is 4.90 Å². The van der Waals surface area contributed by atoms with Gasteiger partial charge < -0.3 is 10.0 Å². The summed E-state index contributed by atoms with van der Waals surface area (Å²) in [5, 5.41) is 8.86. The molecule has 6 heteroatoms. The molecule has 1 N–H and O–H groups in total. The number of carbonyl (C=O) groups excluding carboxylic acids is 1. The number of carboxylic acids is 1. The molecule has 24 heavy (non-hydrogen) atoms. The second-order valence-corrected chi connectivity index (χ2v) is 6.71. The van der Waals surface area contributed by atoms with Gasteiger partial charge in [0.2, 0.25) is 5.91 Å². The zero-order valence-electron chi connectivity index (χ0n) is 13.4. The van der Waals surface area contributed by atoms with Crippen molar-refractivity contribution in [2.24, 2.45) is 5.92 Å². The first kappa shape index (κ1) is 16.9. The molecule has 0 aromatic heterocycles. The summed E-state index contributed by atoms with van der Waals surface area (Å²) in [5.74, 6) is -3.23. The van der Waals surface area contributed by atoms with Crippen LogP contribution in [-0.2, 0) is 9.59 Å². The van der Waals surface area contributed by atoms with Gasteiger partial charge in [0.05, 0.1) is 0 Å². The lowest BCUT2D eigenvalue weighted by molar-refractivity contribution is -0.140. The zero-order chi connectivity index (χ0) is 17.3. The summed E-state index contributed by atoms with van der Waals surface area (Å²) >= 11 is 0. The Labute approximate surface area is 139 Å². The molecule has 2 aliphatic rings. The fraction of sp³-hybridized carbons (Fsp3) is 0.556. The summed E-state index contributed by atoms with van der Waals surface area (Å²) in [6.07, 6.45) is 3.72. The molecule has 0 radical (unpaired) electrons. The Balaban J connectivity index is 1.67. The minimum Gasteiger partial charge on any atom is -0.481 e. The van der Waals surface area contributed by atoms with Crippen LogP contribution in [0, 0.1) is 17.6 Å². The van der Waals surface area contributed by atoms with Crippen molar-refractivity contribution >= 4 is 11.9 Å². The molecule has 1 amide bonds. The Morgan fingerprint density at radius 1 is 1.25 bits per heavy atom. The molecule has 1 heterocycles. The minimum absolute atomic E-state index is 0.0427. The fourth-order valence-electron chi connectivity index (χ4n) is 3.71. The van der Waals surface area contributed by atoms with E-state index in [9.17, 15) is 18.4 Å². The van der Waals surface area contributed by atoms with Gasteiger partial charge in [-0.15, -0.1) is 0 Å². The number of amides is 1. The van der Waals surface area contributed by atoms with Crippen molar-refractivity contribution < 1.29 is 23.5 Å². The summed E-state index contributed by atoms with van der Waals surface area (Å²) in [7, 11) is 0. The van der Waals surface area contributed by atoms with Gasteiger partial charge in [-0.3, -0.25) is 9.59 Å². The Bertz CT molecular complexity index is 649. The number of benzene rings is 1. The monoisotopic (exact) mass is 337 g/mol. The van der Waals surface area contributed by atoms with Gasteiger partial charge in [0.25, 0.3) is 0 Å². The van der Waals surface area contributed by atoms with E-state index in [1.54, 1.807) is 4.90 Å². The number of hydrogen-bond acceptors (Lipinski definition) is 2. The summed E-state index contributed by atoms with van der Waals surface area (Å²) < 4.78 is 27.3. The van der Waals surface area contributed by atoms with E-state index in [0.717, 1.165) is 25.3 Å². The van der Waals surface area contributed by atoms with Gasteiger partial charge in [0, 0.05) is 24.9 Å². The standard InChI is InChI=1S/C18H21F2NO3/c19-15-6-3-5-12(17(15)20)13-10-14(13)18(24)21-9-2-1-4-11(21)7-8-16(22)23/h3,5-6,11,13-14H,1-2,4,7-10H2,(H,22,23)/t11-,13-,14-/m0/s1. The van der Waals surface area contributed by atoms with E-state index in [1.165, 1.54) is 12.1 Å². The van der Waals surface area contributed by atoms with Crippen LogP contribution in [0.2, 0.25) is 0 Å². The van der Waals surface area contributed by atoms with Crippen molar-refractivity contribution in [3.63, 3.8) is 0 Å². The number of aliphatic carboxylic acids is 1. The zero-order valence-corrected chi connectivity index (χ0v) is 13.4. The third kappa shape index (κ3) is 3.42. The van der Waals surface area contributed by atoms with Gasteiger partial charge in [-0.05, 0) is 49.7 Å². The fourth-order valence-corrected chi connectivity index (χ4v) is 3.71. The molecule has 1 saturated heterocycles. The molecule has 1 aromatic carbocycles. The highest BCUT2D eigenvalue weighted by Crippen LogP contribution is 2.50. The summed E-state index contributed by atoms with van der Waals surface area (Å²) in [6, 6.07) is 4.02. The van der Waals surface area contributed by atoms with Crippen LogP contribution in [-0.4, -0.2) is 34.5 Å². The molecule has 2 fully saturated rings. The van der Waals surface area contributed by atoms with Crippen molar-refractivity contribution in [3.05, 3.63) is 35.4 Å². The number of carbonyl (C=O) groups is 2. The maximum Gasteiger partial charge on any atom is 0.303 e. The molecule has 130 valence electrons. The number of halogens is 2. The normalized spacial score (nSPS) is 26.2. The number of carboxylic acid groups (broad SMARTS) is 1. The van der Waals surface area contributed by atoms with Gasteiger partial charge in [0.15, 0.2) is 11.6 Å². The molecule has 1 aliphatic carbocycles. The molecule has 1 aliphatic heterocycles. The van der Waals surface area contributed by atoms with E-state index in [2.05, 4.69) is 0 Å². The predicted octanol–water partition coefficient (Wildman–Crippen LogP) is 3.31. The Kier molecular flexibility index (Phi) is 4.83. The molecule has 0 unspecified atom stereocenters. The van der Waals surface area contributed by atoms with E-state index in [-0.39, 0.29) is 35.8 Å².